The zero-order chi connectivity index (χ0) is 28.0. The summed E-state index contributed by atoms with van der Waals surface area (Å²) in [5.41, 5.74) is 3.90. The van der Waals surface area contributed by atoms with Gasteiger partial charge in [-0.15, -0.1) is 0 Å². The number of aryl methyl sites for hydroxylation is 3. The Balaban J connectivity index is 1.27. The summed E-state index contributed by atoms with van der Waals surface area (Å²) in [6.07, 6.45) is 2.14. The topological polar surface area (TPSA) is 113 Å². The number of sulfonamides is 2. The summed E-state index contributed by atoms with van der Waals surface area (Å²) in [5.74, 6) is -0.415. The highest BCUT2D eigenvalue weighted by Gasteiger charge is 2.31. The zero-order valence-corrected chi connectivity index (χ0v) is 23.9. The molecule has 1 heterocycles. The third-order valence-corrected chi connectivity index (χ3v) is 10.3. The first-order valence-corrected chi connectivity index (χ1v) is 16.2. The number of carbonyl (C=O) groups is 1. The first-order valence-electron chi connectivity index (χ1n) is 13.1. The van der Waals surface area contributed by atoms with Gasteiger partial charge in [-0.2, -0.15) is 0 Å². The van der Waals surface area contributed by atoms with Gasteiger partial charge in [0.1, 0.15) is 0 Å². The predicted molar refractivity (Wildman–Crippen MR) is 155 cm³/mol. The average Bonchev–Trinajstić information content (AvgIpc) is 2.91. The Morgan fingerprint density at radius 2 is 1.56 bits per heavy atom. The molecule has 1 aliphatic rings. The maximum absolute atomic E-state index is 12.8. The van der Waals surface area contributed by atoms with E-state index >= 15 is 0 Å². The van der Waals surface area contributed by atoms with Crippen molar-refractivity contribution in [1.29, 1.82) is 0 Å². The number of nitrogens with zero attached hydrogens (tertiary/aromatic N) is 1. The summed E-state index contributed by atoms with van der Waals surface area (Å²) in [5, 5.41) is 2.84. The summed E-state index contributed by atoms with van der Waals surface area (Å²) in [6.45, 7) is 4.35. The van der Waals surface area contributed by atoms with Crippen molar-refractivity contribution in [2.24, 2.45) is 5.92 Å². The number of rotatable bonds is 10. The molecule has 0 atom stereocenters. The standard InChI is InChI=1S/C29H35N3O5S2/c1-22-10-11-23(2)28(21-22)31-39(36,37)27-14-12-26(13-15-27)30-29(33)25-16-18-32(19-17-25)38(34,35)20-6-9-24-7-4-3-5-8-24/h3-5,7-8,10-15,21,25,31H,6,9,16-20H2,1-2H3,(H,30,33). The Morgan fingerprint density at radius 1 is 0.897 bits per heavy atom. The molecule has 1 fully saturated rings. The molecule has 0 aromatic heterocycles. The van der Waals surface area contributed by atoms with Crippen LogP contribution in [0.2, 0.25) is 0 Å². The van der Waals surface area contributed by atoms with Crippen molar-refractivity contribution in [3.05, 3.63) is 89.5 Å². The Hall–Kier alpha value is -3.21. The fraction of sp³-hybridized carbons (Fsp3) is 0.345. The van der Waals surface area contributed by atoms with E-state index in [2.05, 4.69) is 10.0 Å². The normalized spacial score (nSPS) is 15.1. The lowest BCUT2D eigenvalue weighted by Gasteiger charge is -2.30. The molecule has 3 aromatic carbocycles. The molecule has 0 spiro atoms. The number of benzene rings is 3. The van der Waals surface area contributed by atoms with Gasteiger partial charge in [0.25, 0.3) is 10.0 Å². The van der Waals surface area contributed by atoms with Crippen molar-refractivity contribution in [3.63, 3.8) is 0 Å². The van der Waals surface area contributed by atoms with Crippen LogP contribution in [0.15, 0.2) is 77.7 Å². The molecule has 1 aliphatic heterocycles. The summed E-state index contributed by atoms with van der Waals surface area (Å²) < 4.78 is 55.4. The van der Waals surface area contributed by atoms with E-state index in [4.69, 9.17) is 0 Å². The van der Waals surface area contributed by atoms with E-state index in [1.54, 1.807) is 18.2 Å². The second-order valence-electron chi connectivity index (χ2n) is 10.0. The monoisotopic (exact) mass is 569 g/mol. The summed E-state index contributed by atoms with van der Waals surface area (Å²) in [7, 11) is -7.16. The van der Waals surface area contributed by atoms with Crippen LogP contribution in [0, 0.1) is 19.8 Å². The molecule has 10 heteroatoms. The maximum atomic E-state index is 12.8. The number of carbonyl (C=O) groups excluding carboxylic acids is 1. The fourth-order valence-electron chi connectivity index (χ4n) is 4.64. The van der Waals surface area contributed by atoms with Gasteiger partial charge in [0.15, 0.2) is 0 Å². The van der Waals surface area contributed by atoms with Crippen molar-refractivity contribution < 1.29 is 21.6 Å². The molecule has 0 saturated carbocycles. The van der Waals surface area contributed by atoms with E-state index in [-0.39, 0.29) is 22.5 Å². The van der Waals surface area contributed by atoms with Crippen LogP contribution in [-0.4, -0.2) is 45.9 Å². The maximum Gasteiger partial charge on any atom is 0.261 e. The molecule has 0 radical (unpaired) electrons. The number of anilines is 2. The summed E-state index contributed by atoms with van der Waals surface area (Å²) in [6, 6.07) is 21.4. The quantitative estimate of drug-likeness (QED) is 0.367. The van der Waals surface area contributed by atoms with E-state index < -0.39 is 20.0 Å². The first kappa shape index (κ1) is 28.8. The van der Waals surface area contributed by atoms with Crippen LogP contribution in [0.3, 0.4) is 0 Å². The largest absolute Gasteiger partial charge is 0.326 e. The molecule has 8 nitrogen and oxygen atoms in total. The van der Waals surface area contributed by atoms with Crippen LogP contribution in [0.5, 0.6) is 0 Å². The third kappa shape index (κ3) is 7.68. The van der Waals surface area contributed by atoms with Gasteiger partial charge in [-0.05, 0) is 86.6 Å². The van der Waals surface area contributed by atoms with Crippen molar-refractivity contribution in [3.8, 4) is 0 Å². The van der Waals surface area contributed by atoms with E-state index in [0.717, 1.165) is 16.7 Å². The van der Waals surface area contributed by atoms with Crippen LogP contribution in [-0.2, 0) is 31.3 Å². The molecule has 4 rings (SSSR count). The van der Waals surface area contributed by atoms with E-state index in [0.29, 0.717) is 50.1 Å². The zero-order valence-electron chi connectivity index (χ0n) is 22.3. The minimum Gasteiger partial charge on any atom is -0.326 e. The van der Waals surface area contributed by atoms with Gasteiger partial charge in [-0.3, -0.25) is 9.52 Å². The molecular weight excluding hydrogens is 534 g/mol. The van der Waals surface area contributed by atoms with Gasteiger partial charge in [-0.25, -0.2) is 21.1 Å². The van der Waals surface area contributed by atoms with Gasteiger partial charge in [0.05, 0.1) is 16.3 Å². The van der Waals surface area contributed by atoms with Crippen LogP contribution < -0.4 is 10.0 Å². The summed E-state index contributed by atoms with van der Waals surface area (Å²) >= 11 is 0. The lowest BCUT2D eigenvalue weighted by molar-refractivity contribution is -0.120. The Bertz CT molecular complexity index is 1500. The second-order valence-corrected chi connectivity index (χ2v) is 13.8. The molecular formula is C29H35N3O5S2. The minimum absolute atomic E-state index is 0.0896. The van der Waals surface area contributed by atoms with Gasteiger partial charge in [0, 0.05) is 24.7 Å². The smallest absolute Gasteiger partial charge is 0.261 e. The van der Waals surface area contributed by atoms with E-state index in [9.17, 15) is 21.6 Å². The molecule has 2 N–H and O–H groups in total. The van der Waals surface area contributed by atoms with Gasteiger partial charge < -0.3 is 5.32 Å². The van der Waals surface area contributed by atoms with Crippen molar-refractivity contribution >= 4 is 37.3 Å². The third-order valence-electron chi connectivity index (χ3n) is 7.00. The number of nitrogens with one attached hydrogen (secondary N) is 2. The number of hydrogen-bond donors (Lipinski definition) is 2. The molecule has 208 valence electrons. The molecule has 1 amide bonds. The van der Waals surface area contributed by atoms with Gasteiger partial charge >= 0.3 is 0 Å². The highest BCUT2D eigenvalue weighted by Crippen LogP contribution is 2.24. The van der Waals surface area contributed by atoms with Crippen LogP contribution in [0.4, 0.5) is 11.4 Å². The van der Waals surface area contributed by atoms with E-state index in [1.165, 1.54) is 16.4 Å². The first-order chi connectivity index (χ1) is 18.5. The van der Waals surface area contributed by atoms with Crippen LogP contribution >= 0.6 is 0 Å². The Kier molecular flexibility index (Phi) is 9.09. The van der Waals surface area contributed by atoms with Crippen molar-refractivity contribution in [1.82, 2.24) is 4.31 Å². The van der Waals surface area contributed by atoms with Crippen molar-refractivity contribution in [2.45, 2.75) is 44.4 Å². The number of piperidine rings is 1. The molecule has 0 aliphatic carbocycles. The predicted octanol–water partition coefficient (Wildman–Crippen LogP) is 4.72. The fourth-order valence-corrected chi connectivity index (χ4v) is 7.30. The lowest BCUT2D eigenvalue weighted by Crippen LogP contribution is -2.42. The minimum atomic E-state index is -3.79. The molecule has 0 bridgehead atoms. The molecule has 39 heavy (non-hydrogen) atoms. The lowest BCUT2D eigenvalue weighted by atomic mass is 9.97. The number of hydrogen-bond acceptors (Lipinski definition) is 5. The average molecular weight is 570 g/mol. The van der Waals surface area contributed by atoms with Crippen LogP contribution in [0.25, 0.3) is 0 Å². The molecule has 0 unspecified atom stereocenters. The number of amides is 1. The van der Waals surface area contributed by atoms with Crippen LogP contribution in [0.1, 0.15) is 36.0 Å². The summed E-state index contributed by atoms with van der Waals surface area (Å²) in [4.78, 5) is 12.9. The van der Waals surface area contributed by atoms with Gasteiger partial charge in [-0.1, -0.05) is 42.5 Å². The highest BCUT2D eigenvalue weighted by atomic mass is 32.2. The molecule has 1 saturated heterocycles. The van der Waals surface area contributed by atoms with Crippen molar-refractivity contribution in [2.75, 3.05) is 28.9 Å². The Labute approximate surface area is 231 Å². The van der Waals surface area contributed by atoms with Gasteiger partial charge in [0.2, 0.25) is 15.9 Å². The SMILES string of the molecule is Cc1ccc(C)c(NS(=O)(=O)c2ccc(NC(=O)C3CCN(S(=O)(=O)CCCc4ccccc4)CC3)cc2)c1. The highest BCUT2D eigenvalue weighted by molar-refractivity contribution is 7.92. The van der Waals surface area contributed by atoms with E-state index in [1.807, 2.05) is 56.3 Å². The Morgan fingerprint density at radius 3 is 2.23 bits per heavy atom. The second kappa shape index (κ2) is 12.3. The molecule has 3 aromatic rings.